The number of hydrogen-bond acceptors (Lipinski definition) is 5. The summed E-state index contributed by atoms with van der Waals surface area (Å²) >= 11 is 1.67. The first-order chi connectivity index (χ1) is 15.2. The number of nitrogens with zero attached hydrogens (tertiary/aromatic N) is 3. The largest absolute Gasteiger partial charge is 0.352 e. The van der Waals surface area contributed by atoms with Crippen LogP contribution in [-0.2, 0) is 11.3 Å². The number of hydrogen-bond donors (Lipinski definition) is 1. The third-order valence-corrected chi connectivity index (χ3v) is 6.28. The molecule has 0 radical (unpaired) electrons. The molecule has 1 aliphatic heterocycles. The van der Waals surface area contributed by atoms with E-state index in [-0.39, 0.29) is 11.8 Å². The van der Waals surface area contributed by atoms with Gasteiger partial charge in [-0.25, -0.2) is 4.98 Å². The van der Waals surface area contributed by atoms with Gasteiger partial charge in [0, 0.05) is 62.2 Å². The first-order valence-corrected chi connectivity index (χ1v) is 11.4. The van der Waals surface area contributed by atoms with Crippen LogP contribution in [0.5, 0.6) is 0 Å². The van der Waals surface area contributed by atoms with Crippen LogP contribution in [-0.4, -0.2) is 59.3 Å². The van der Waals surface area contributed by atoms with E-state index in [9.17, 15) is 9.59 Å². The molecule has 1 N–H and O–H groups in total. The second-order valence-corrected chi connectivity index (χ2v) is 8.40. The molecule has 0 spiro atoms. The lowest BCUT2D eigenvalue weighted by atomic mass is 10.2. The van der Waals surface area contributed by atoms with Crippen LogP contribution in [0.1, 0.15) is 22.5 Å². The van der Waals surface area contributed by atoms with Crippen LogP contribution < -0.4 is 5.32 Å². The number of nitrogens with one attached hydrogen (secondary N) is 1. The van der Waals surface area contributed by atoms with E-state index in [0.717, 1.165) is 35.9 Å². The summed E-state index contributed by atoms with van der Waals surface area (Å²) in [6.07, 6.45) is 0.324. The van der Waals surface area contributed by atoms with Gasteiger partial charge in [0.2, 0.25) is 5.91 Å². The lowest BCUT2D eigenvalue weighted by molar-refractivity contribution is -0.132. The number of piperazine rings is 1. The zero-order valence-corrected chi connectivity index (χ0v) is 18.2. The highest BCUT2D eigenvalue weighted by Crippen LogP contribution is 2.24. The highest BCUT2D eigenvalue weighted by molar-refractivity contribution is 7.13. The van der Waals surface area contributed by atoms with Crippen molar-refractivity contribution in [1.82, 2.24) is 20.1 Å². The minimum absolute atomic E-state index is 0.0908. The molecular formula is C24H26N4O2S. The molecule has 1 aromatic heterocycles. The first-order valence-electron chi connectivity index (χ1n) is 10.5. The van der Waals surface area contributed by atoms with E-state index in [1.54, 1.807) is 23.5 Å². The van der Waals surface area contributed by atoms with E-state index < -0.39 is 0 Å². The second kappa shape index (κ2) is 10.3. The van der Waals surface area contributed by atoms with Crippen molar-refractivity contribution in [2.75, 3.05) is 32.7 Å². The predicted molar refractivity (Wildman–Crippen MR) is 123 cm³/mol. The Kier molecular flexibility index (Phi) is 7.07. The minimum Gasteiger partial charge on any atom is -0.352 e. The van der Waals surface area contributed by atoms with Crippen LogP contribution in [0.3, 0.4) is 0 Å². The molecule has 2 amide bonds. The van der Waals surface area contributed by atoms with Gasteiger partial charge in [0.05, 0.1) is 5.69 Å². The topological polar surface area (TPSA) is 65.5 Å². The molecule has 6 nitrogen and oxygen atoms in total. The number of aromatic nitrogens is 1. The Morgan fingerprint density at radius 1 is 0.935 bits per heavy atom. The zero-order chi connectivity index (χ0) is 21.5. The molecule has 0 unspecified atom stereocenters. The number of benzene rings is 2. The fourth-order valence-electron chi connectivity index (χ4n) is 3.61. The number of amides is 2. The summed E-state index contributed by atoms with van der Waals surface area (Å²) in [7, 11) is 0. The molecule has 0 bridgehead atoms. The summed E-state index contributed by atoms with van der Waals surface area (Å²) in [5.41, 5.74) is 2.84. The minimum atomic E-state index is -0.142. The van der Waals surface area contributed by atoms with Gasteiger partial charge in [0.1, 0.15) is 5.01 Å². The lowest BCUT2D eigenvalue weighted by Gasteiger charge is -2.34. The zero-order valence-electron chi connectivity index (χ0n) is 17.4. The Morgan fingerprint density at radius 2 is 1.61 bits per heavy atom. The Labute approximate surface area is 186 Å². The van der Waals surface area contributed by atoms with Crippen molar-refractivity contribution in [2.45, 2.75) is 13.0 Å². The summed E-state index contributed by atoms with van der Waals surface area (Å²) in [5, 5.41) is 5.99. The molecule has 1 fully saturated rings. The summed E-state index contributed by atoms with van der Waals surface area (Å²) in [4.78, 5) is 33.5. The molecular weight excluding hydrogens is 408 g/mol. The molecule has 3 aromatic rings. The standard InChI is InChI=1S/C24H26N4O2S/c29-22(11-12-25-23(30)19-7-3-1-4-8-19)28-15-13-27(14-16-28)17-21-18-31-24(26-21)20-9-5-2-6-10-20/h1-10,18H,11-17H2,(H,25,30). The Morgan fingerprint density at radius 3 is 2.32 bits per heavy atom. The van der Waals surface area contributed by atoms with Gasteiger partial charge in [0.15, 0.2) is 0 Å². The van der Waals surface area contributed by atoms with Gasteiger partial charge in [-0.05, 0) is 12.1 Å². The summed E-state index contributed by atoms with van der Waals surface area (Å²) in [6, 6.07) is 19.3. The molecule has 1 saturated heterocycles. The molecule has 31 heavy (non-hydrogen) atoms. The molecule has 1 aliphatic rings. The Balaban J connectivity index is 1.19. The Hall–Kier alpha value is -3.03. The fraction of sp³-hybridized carbons (Fsp3) is 0.292. The number of rotatable bonds is 7. The van der Waals surface area contributed by atoms with Crippen molar-refractivity contribution in [3.8, 4) is 10.6 Å². The molecule has 0 aliphatic carbocycles. The van der Waals surface area contributed by atoms with Crippen molar-refractivity contribution in [3.63, 3.8) is 0 Å². The number of carbonyl (C=O) groups excluding carboxylic acids is 2. The van der Waals surface area contributed by atoms with E-state index in [2.05, 4.69) is 27.7 Å². The van der Waals surface area contributed by atoms with Crippen LogP contribution in [0, 0.1) is 0 Å². The molecule has 7 heteroatoms. The van der Waals surface area contributed by atoms with E-state index in [1.165, 1.54) is 0 Å². The van der Waals surface area contributed by atoms with Crippen LogP contribution in [0.15, 0.2) is 66.0 Å². The molecule has 160 valence electrons. The maximum absolute atomic E-state index is 12.5. The van der Waals surface area contributed by atoms with Crippen molar-refractivity contribution in [3.05, 3.63) is 77.3 Å². The van der Waals surface area contributed by atoms with Crippen LogP contribution >= 0.6 is 11.3 Å². The second-order valence-electron chi connectivity index (χ2n) is 7.54. The van der Waals surface area contributed by atoms with Crippen molar-refractivity contribution in [2.24, 2.45) is 0 Å². The van der Waals surface area contributed by atoms with E-state index in [0.29, 0.717) is 31.6 Å². The smallest absolute Gasteiger partial charge is 0.251 e. The summed E-state index contributed by atoms with van der Waals surface area (Å²) < 4.78 is 0. The van der Waals surface area contributed by atoms with E-state index in [1.807, 2.05) is 41.3 Å². The van der Waals surface area contributed by atoms with Gasteiger partial charge in [-0.15, -0.1) is 11.3 Å². The quantitative estimate of drug-likeness (QED) is 0.620. The van der Waals surface area contributed by atoms with Crippen LogP contribution in [0.2, 0.25) is 0 Å². The molecule has 0 atom stereocenters. The fourth-order valence-corrected chi connectivity index (χ4v) is 4.43. The van der Waals surface area contributed by atoms with E-state index >= 15 is 0 Å². The molecule has 4 rings (SSSR count). The van der Waals surface area contributed by atoms with E-state index in [4.69, 9.17) is 4.98 Å². The number of carbonyl (C=O) groups is 2. The molecule has 2 aromatic carbocycles. The third kappa shape index (κ3) is 5.77. The van der Waals surface area contributed by atoms with Gasteiger partial charge in [-0.3, -0.25) is 14.5 Å². The molecule has 0 saturated carbocycles. The normalized spacial score (nSPS) is 14.4. The average Bonchev–Trinajstić information content (AvgIpc) is 3.29. The van der Waals surface area contributed by atoms with Crippen LogP contribution in [0.4, 0.5) is 0 Å². The average molecular weight is 435 g/mol. The monoisotopic (exact) mass is 434 g/mol. The summed E-state index contributed by atoms with van der Waals surface area (Å²) in [5.74, 6) is -0.0515. The molecule has 2 heterocycles. The van der Waals surface area contributed by atoms with Crippen molar-refractivity contribution >= 4 is 23.2 Å². The van der Waals surface area contributed by atoms with Gasteiger partial charge < -0.3 is 10.2 Å². The van der Waals surface area contributed by atoms with Crippen molar-refractivity contribution in [1.29, 1.82) is 0 Å². The highest BCUT2D eigenvalue weighted by Gasteiger charge is 2.21. The van der Waals surface area contributed by atoms with Gasteiger partial charge in [-0.2, -0.15) is 0 Å². The highest BCUT2D eigenvalue weighted by atomic mass is 32.1. The third-order valence-electron chi connectivity index (χ3n) is 5.34. The number of thiazole rings is 1. The lowest BCUT2D eigenvalue weighted by Crippen LogP contribution is -2.48. The van der Waals surface area contributed by atoms with Gasteiger partial charge >= 0.3 is 0 Å². The van der Waals surface area contributed by atoms with Gasteiger partial charge in [-0.1, -0.05) is 48.5 Å². The SMILES string of the molecule is O=C(NCCC(=O)N1CCN(Cc2csc(-c3ccccc3)n2)CC1)c1ccccc1. The predicted octanol–water partition coefficient (Wildman–Crippen LogP) is 3.27. The van der Waals surface area contributed by atoms with Gasteiger partial charge in [0.25, 0.3) is 5.91 Å². The van der Waals surface area contributed by atoms with Crippen molar-refractivity contribution < 1.29 is 9.59 Å². The first kappa shape index (κ1) is 21.2. The Bertz CT molecular complexity index is 999. The maximum Gasteiger partial charge on any atom is 0.251 e. The summed E-state index contributed by atoms with van der Waals surface area (Å²) in [6.45, 7) is 4.25. The maximum atomic E-state index is 12.5. The van der Waals surface area contributed by atoms with Crippen LogP contribution in [0.25, 0.3) is 10.6 Å².